The van der Waals surface area contributed by atoms with Gasteiger partial charge in [-0.1, -0.05) is 41.9 Å². The number of para-hydroxylation sites is 1. The van der Waals surface area contributed by atoms with Crippen LogP contribution in [0, 0.1) is 0 Å². The van der Waals surface area contributed by atoms with Gasteiger partial charge in [0.05, 0.1) is 12.8 Å². The van der Waals surface area contributed by atoms with Crippen LogP contribution < -0.4 is 4.74 Å². The molecule has 0 spiro atoms. The van der Waals surface area contributed by atoms with E-state index in [1.165, 1.54) is 5.56 Å². The first-order chi connectivity index (χ1) is 12.3. The van der Waals surface area contributed by atoms with Crippen LogP contribution in [-0.2, 0) is 6.54 Å². The SMILES string of the molecule is CCOc1ccccc1/C=N/N1CCN(Cc2ccccc2Cl)CC1. The van der Waals surface area contributed by atoms with Gasteiger partial charge in [-0.2, -0.15) is 5.10 Å². The molecule has 1 saturated heterocycles. The van der Waals surface area contributed by atoms with Crippen LogP contribution in [-0.4, -0.2) is 48.9 Å². The van der Waals surface area contributed by atoms with Gasteiger partial charge in [0.25, 0.3) is 0 Å². The Morgan fingerprint density at radius 2 is 1.76 bits per heavy atom. The van der Waals surface area contributed by atoms with Crippen molar-refractivity contribution in [2.24, 2.45) is 5.10 Å². The molecule has 0 atom stereocenters. The molecule has 0 N–H and O–H groups in total. The molecule has 0 unspecified atom stereocenters. The van der Waals surface area contributed by atoms with Gasteiger partial charge in [0.15, 0.2) is 0 Å². The number of nitrogens with zero attached hydrogens (tertiary/aromatic N) is 3. The second-order valence-electron chi connectivity index (χ2n) is 6.04. The first kappa shape index (κ1) is 17.8. The van der Waals surface area contributed by atoms with Crippen molar-refractivity contribution < 1.29 is 4.74 Å². The molecule has 0 radical (unpaired) electrons. The average Bonchev–Trinajstić information content (AvgIpc) is 2.64. The predicted octanol–water partition coefficient (Wildman–Crippen LogP) is 3.89. The van der Waals surface area contributed by atoms with Gasteiger partial charge in [-0.3, -0.25) is 9.91 Å². The molecule has 0 bridgehead atoms. The molecule has 25 heavy (non-hydrogen) atoms. The predicted molar refractivity (Wildman–Crippen MR) is 104 cm³/mol. The van der Waals surface area contributed by atoms with Gasteiger partial charge in [0.2, 0.25) is 0 Å². The molecule has 1 fully saturated rings. The third kappa shape index (κ3) is 4.97. The minimum atomic E-state index is 0.658. The summed E-state index contributed by atoms with van der Waals surface area (Å²) in [5.74, 6) is 0.881. The Labute approximate surface area is 154 Å². The lowest BCUT2D eigenvalue weighted by molar-refractivity contribution is 0.131. The summed E-state index contributed by atoms with van der Waals surface area (Å²) in [5, 5.41) is 7.59. The number of hydrogen-bond donors (Lipinski definition) is 0. The van der Waals surface area contributed by atoms with Crippen LogP contribution in [0.4, 0.5) is 0 Å². The first-order valence-electron chi connectivity index (χ1n) is 8.73. The molecule has 2 aromatic carbocycles. The van der Waals surface area contributed by atoms with E-state index in [-0.39, 0.29) is 0 Å². The maximum absolute atomic E-state index is 6.26. The quantitative estimate of drug-likeness (QED) is 0.734. The van der Waals surface area contributed by atoms with E-state index in [0.717, 1.165) is 49.1 Å². The zero-order valence-corrected chi connectivity index (χ0v) is 15.3. The highest BCUT2D eigenvalue weighted by Gasteiger charge is 2.16. The van der Waals surface area contributed by atoms with Gasteiger partial charge < -0.3 is 4.74 Å². The fourth-order valence-electron chi connectivity index (χ4n) is 2.90. The molecule has 1 aliphatic heterocycles. The van der Waals surface area contributed by atoms with Crippen LogP contribution in [0.25, 0.3) is 0 Å². The van der Waals surface area contributed by atoms with Crippen molar-refractivity contribution in [1.82, 2.24) is 9.91 Å². The average molecular weight is 358 g/mol. The van der Waals surface area contributed by atoms with Crippen LogP contribution in [0.1, 0.15) is 18.1 Å². The number of ether oxygens (including phenoxy) is 1. The van der Waals surface area contributed by atoms with Crippen molar-refractivity contribution in [2.75, 3.05) is 32.8 Å². The topological polar surface area (TPSA) is 28.1 Å². The van der Waals surface area contributed by atoms with Gasteiger partial charge in [-0.05, 0) is 30.7 Å². The van der Waals surface area contributed by atoms with Crippen LogP contribution in [0.5, 0.6) is 5.75 Å². The van der Waals surface area contributed by atoms with E-state index in [0.29, 0.717) is 6.61 Å². The fourth-order valence-corrected chi connectivity index (χ4v) is 3.09. The minimum Gasteiger partial charge on any atom is -0.493 e. The summed E-state index contributed by atoms with van der Waals surface area (Å²) in [4.78, 5) is 2.42. The molecule has 4 nitrogen and oxygen atoms in total. The number of halogens is 1. The lowest BCUT2D eigenvalue weighted by Crippen LogP contribution is -2.43. The van der Waals surface area contributed by atoms with Gasteiger partial charge in [-0.25, -0.2) is 0 Å². The molecular weight excluding hydrogens is 334 g/mol. The molecule has 5 heteroatoms. The summed E-state index contributed by atoms with van der Waals surface area (Å²) in [6.45, 7) is 7.34. The van der Waals surface area contributed by atoms with Crippen molar-refractivity contribution in [3.63, 3.8) is 0 Å². The maximum atomic E-state index is 6.26. The highest BCUT2D eigenvalue weighted by Crippen LogP contribution is 2.18. The number of benzene rings is 2. The number of hydrogen-bond acceptors (Lipinski definition) is 4. The lowest BCUT2D eigenvalue weighted by atomic mass is 10.2. The summed E-state index contributed by atoms with van der Waals surface area (Å²) in [6.07, 6.45) is 1.90. The van der Waals surface area contributed by atoms with Gasteiger partial charge in [0.1, 0.15) is 5.75 Å². The van der Waals surface area contributed by atoms with Crippen molar-refractivity contribution >= 4 is 17.8 Å². The van der Waals surface area contributed by atoms with Crippen molar-refractivity contribution in [1.29, 1.82) is 0 Å². The van der Waals surface area contributed by atoms with E-state index in [1.54, 1.807) is 0 Å². The van der Waals surface area contributed by atoms with Gasteiger partial charge in [-0.15, -0.1) is 0 Å². The second-order valence-corrected chi connectivity index (χ2v) is 6.44. The Kier molecular flexibility index (Phi) is 6.31. The van der Waals surface area contributed by atoms with Crippen LogP contribution >= 0.6 is 11.6 Å². The Morgan fingerprint density at radius 1 is 1.04 bits per heavy atom. The van der Waals surface area contributed by atoms with E-state index in [4.69, 9.17) is 16.3 Å². The molecule has 2 aromatic rings. The Morgan fingerprint density at radius 3 is 2.52 bits per heavy atom. The molecule has 1 heterocycles. The first-order valence-corrected chi connectivity index (χ1v) is 9.10. The molecule has 3 rings (SSSR count). The van der Waals surface area contributed by atoms with E-state index in [1.807, 2.05) is 55.6 Å². The molecular formula is C20H24ClN3O. The molecule has 1 aliphatic rings. The molecule has 0 saturated carbocycles. The van der Waals surface area contributed by atoms with E-state index < -0.39 is 0 Å². The van der Waals surface area contributed by atoms with Crippen molar-refractivity contribution in [2.45, 2.75) is 13.5 Å². The summed E-state index contributed by atoms with van der Waals surface area (Å²) in [7, 11) is 0. The van der Waals surface area contributed by atoms with E-state index in [2.05, 4.69) is 21.1 Å². The van der Waals surface area contributed by atoms with Crippen molar-refractivity contribution in [3.8, 4) is 5.75 Å². The molecule has 0 aliphatic carbocycles. The van der Waals surface area contributed by atoms with Crippen LogP contribution in [0.15, 0.2) is 53.6 Å². The highest BCUT2D eigenvalue weighted by molar-refractivity contribution is 6.31. The zero-order chi connectivity index (χ0) is 17.5. The summed E-state index contributed by atoms with van der Waals surface area (Å²) in [6, 6.07) is 16.1. The van der Waals surface area contributed by atoms with E-state index in [9.17, 15) is 0 Å². The highest BCUT2D eigenvalue weighted by atomic mass is 35.5. The second kappa shape index (κ2) is 8.88. The smallest absolute Gasteiger partial charge is 0.128 e. The zero-order valence-electron chi connectivity index (χ0n) is 14.6. The van der Waals surface area contributed by atoms with Gasteiger partial charge >= 0.3 is 0 Å². The summed E-state index contributed by atoms with van der Waals surface area (Å²) < 4.78 is 5.64. The number of piperazine rings is 1. The molecule has 0 amide bonds. The maximum Gasteiger partial charge on any atom is 0.128 e. The third-order valence-electron chi connectivity index (χ3n) is 4.28. The van der Waals surface area contributed by atoms with Crippen LogP contribution in [0.3, 0.4) is 0 Å². The van der Waals surface area contributed by atoms with Crippen molar-refractivity contribution in [3.05, 3.63) is 64.7 Å². The monoisotopic (exact) mass is 357 g/mol. The van der Waals surface area contributed by atoms with Gasteiger partial charge in [0, 0.05) is 43.3 Å². The normalized spacial score (nSPS) is 15.7. The summed E-state index contributed by atoms with van der Waals surface area (Å²) in [5.41, 5.74) is 2.20. The lowest BCUT2D eigenvalue weighted by Gasteiger charge is -2.33. The Hall–Kier alpha value is -2.04. The Bertz CT molecular complexity index is 712. The third-order valence-corrected chi connectivity index (χ3v) is 4.65. The standard InChI is InChI=1S/C20H24ClN3O/c1-2-25-20-10-6-4-7-17(20)15-22-24-13-11-23(12-14-24)16-18-8-3-5-9-19(18)21/h3-10,15H,2,11-14,16H2,1H3/b22-15+. The summed E-state index contributed by atoms with van der Waals surface area (Å²) >= 11 is 6.26. The molecule has 0 aromatic heterocycles. The minimum absolute atomic E-state index is 0.658. The van der Waals surface area contributed by atoms with E-state index >= 15 is 0 Å². The van der Waals surface area contributed by atoms with Crippen LogP contribution in [0.2, 0.25) is 5.02 Å². The molecule has 132 valence electrons. The number of rotatable bonds is 6. The Balaban J connectivity index is 1.53. The fraction of sp³-hybridized carbons (Fsp3) is 0.350. The largest absolute Gasteiger partial charge is 0.493 e. The number of hydrazone groups is 1.